The van der Waals surface area contributed by atoms with Crippen molar-refractivity contribution in [3.8, 4) is 0 Å². The van der Waals surface area contributed by atoms with Crippen molar-refractivity contribution in [1.82, 2.24) is 4.98 Å². The lowest BCUT2D eigenvalue weighted by molar-refractivity contribution is -0.526. The number of hydrogen-bond donors (Lipinski definition) is 0. The first-order valence-electron chi connectivity index (χ1n) is 5.83. The quantitative estimate of drug-likeness (QED) is 0.579. The molecule has 3 heteroatoms. The van der Waals surface area contributed by atoms with E-state index >= 15 is 0 Å². The van der Waals surface area contributed by atoms with E-state index in [-0.39, 0.29) is 7.43 Å². The first-order valence-corrected chi connectivity index (χ1v) is 6.21. The number of aromatic nitrogens is 1. The van der Waals surface area contributed by atoms with Gasteiger partial charge in [-0.15, -0.1) is 0 Å². The third kappa shape index (κ3) is 2.68. The third-order valence-corrected chi connectivity index (χ3v) is 3.83. The van der Waals surface area contributed by atoms with E-state index in [1.165, 1.54) is 17.7 Å². The average molecular weight is 254 g/mol. The van der Waals surface area contributed by atoms with Crippen molar-refractivity contribution in [2.45, 2.75) is 46.1 Å². The fourth-order valence-electron chi connectivity index (χ4n) is 2.58. The molecule has 2 rings (SSSR count). The molecular formula is C14H22ClN2+. The van der Waals surface area contributed by atoms with Crippen molar-refractivity contribution < 1.29 is 4.58 Å². The van der Waals surface area contributed by atoms with E-state index in [1.807, 2.05) is 12.3 Å². The normalized spacial score (nSPS) is 23.8. The Morgan fingerprint density at radius 2 is 2.18 bits per heavy atom. The lowest BCUT2D eigenvalue weighted by atomic mass is 9.92. The fourth-order valence-corrected chi connectivity index (χ4v) is 2.69. The van der Waals surface area contributed by atoms with Gasteiger partial charge in [0, 0.05) is 19.0 Å². The molecule has 0 unspecified atom stereocenters. The monoisotopic (exact) mass is 253 g/mol. The first-order chi connectivity index (χ1) is 7.63. The summed E-state index contributed by atoms with van der Waals surface area (Å²) in [6, 6.07) is 4.60. The predicted molar refractivity (Wildman–Crippen MR) is 74.3 cm³/mol. The minimum Gasteiger partial charge on any atom is -0.244 e. The van der Waals surface area contributed by atoms with Crippen molar-refractivity contribution in [2.75, 3.05) is 7.05 Å². The Labute approximate surface area is 109 Å². The van der Waals surface area contributed by atoms with E-state index in [2.05, 4.69) is 36.5 Å². The van der Waals surface area contributed by atoms with Gasteiger partial charge in [-0.1, -0.05) is 32.0 Å². The molecule has 94 valence electrons. The molecule has 2 nitrogen and oxygen atoms in total. The number of halogens is 1. The molecule has 0 saturated carbocycles. The van der Waals surface area contributed by atoms with Gasteiger partial charge in [-0.05, 0) is 18.6 Å². The second-order valence-corrected chi connectivity index (χ2v) is 4.89. The molecule has 0 aliphatic carbocycles. The summed E-state index contributed by atoms with van der Waals surface area (Å²) in [5.74, 6) is 0.523. The number of rotatable bonds is 2. The molecular weight excluding hydrogens is 232 g/mol. The van der Waals surface area contributed by atoms with Crippen LogP contribution >= 0.6 is 11.6 Å². The highest BCUT2D eigenvalue weighted by molar-refractivity contribution is 6.29. The van der Waals surface area contributed by atoms with E-state index in [0.29, 0.717) is 17.1 Å². The molecule has 0 aromatic carbocycles. The summed E-state index contributed by atoms with van der Waals surface area (Å²) in [5, 5.41) is 0.571. The Balaban J connectivity index is 0.00000144. The Bertz CT molecular complexity index is 409. The molecule has 0 bridgehead atoms. The third-order valence-electron chi connectivity index (χ3n) is 3.61. The second-order valence-electron chi connectivity index (χ2n) is 4.51. The highest BCUT2D eigenvalue weighted by atomic mass is 35.5. The van der Waals surface area contributed by atoms with Crippen LogP contribution in [0.3, 0.4) is 0 Å². The Morgan fingerprint density at radius 3 is 2.71 bits per heavy atom. The van der Waals surface area contributed by atoms with Crippen molar-refractivity contribution in [3.05, 3.63) is 29.0 Å². The van der Waals surface area contributed by atoms with Crippen LogP contribution in [0.5, 0.6) is 0 Å². The summed E-state index contributed by atoms with van der Waals surface area (Å²) in [6.07, 6.45) is 4.20. The summed E-state index contributed by atoms with van der Waals surface area (Å²) >= 11 is 5.82. The maximum Gasteiger partial charge on any atom is 0.159 e. The first kappa shape index (κ1) is 14.2. The zero-order chi connectivity index (χ0) is 11.7. The molecule has 2 heterocycles. The maximum absolute atomic E-state index is 5.82. The zero-order valence-corrected chi connectivity index (χ0v) is 10.8. The van der Waals surface area contributed by atoms with Crippen LogP contribution in [0.15, 0.2) is 18.3 Å². The lowest BCUT2D eigenvalue weighted by Crippen LogP contribution is -2.17. The van der Waals surface area contributed by atoms with Gasteiger partial charge in [0.05, 0.1) is 5.92 Å². The van der Waals surface area contributed by atoms with Gasteiger partial charge in [-0.3, -0.25) is 0 Å². The lowest BCUT2D eigenvalue weighted by Gasteiger charge is -2.07. The average Bonchev–Trinajstić information content (AvgIpc) is 2.56. The predicted octanol–water partition coefficient (Wildman–Crippen LogP) is 3.74. The van der Waals surface area contributed by atoms with Crippen LogP contribution < -0.4 is 0 Å². The molecule has 0 spiro atoms. The molecule has 0 saturated heterocycles. The van der Waals surface area contributed by atoms with Gasteiger partial charge < -0.3 is 0 Å². The molecule has 0 fully saturated rings. The van der Waals surface area contributed by atoms with Gasteiger partial charge in [-0.25, -0.2) is 9.56 Å². The number of nitrogens with zero attached hydrogens (tertiary/aromatic N) is 2. The van der Waals surface area contributed by atoms with Crippen molar-refractivity contribution in [1.29, 1.82) is 0 Å². The minimum atomic E-state index is 0. The van der Waals surface area contributed by atoms with Gasteiger partial charge >= 0.3 is 0 Å². The SMILES string of the molecule is C.CCC1=[N+](C)[C@@H](C)C[C@@H]1c1ccc(Cl)nc1. The Morgan fingerprint density at radius 1 is 1.47 bits per heavy atom. The molecule has 0 N–H and O–H groups in total. The number of hydrogen-bond acceptors (Lipinski definition) is 1. The molecule has 17 heavy (non-hydrogen) atoms. The second kappa shape index (κ2) is 5.63. The van der Waals surface area contributed by atoms with E-state index in [0.717, 1.165) is 6.42 Å². The van der Waals surface area contributed by atoms with Gasteiger partial charge in [0.2, 0.25) is 0 Å². The van der Waals surface area contributed by atoms with Crippen molar-refractivity contribution in [3.63, 3.8) is 0 Å². The van der Waals surface area contributed by atoms with Crippen LogP contribution in [-0.4, -0.2) is 28.4 Å². The molecule has 0 radical (unpaired) electrons. The van der Waals surface area contributed by atoms with Crippen LogP contribution in [0.25, 0.3) is 0 Å². The smallest absolute Gasteiger partial charge is 0.159 e. The van der Waals surface area contributed by atoms with Gasteiger partial charge in [0.1, 0.15) is 12.2 Å². The summed E-state index contributed by atoms with van der Waals surface area (Å²) in [4.78, 5) is 4.18. The zero-order valence-electron chi connectivity index (χ0n) is 10.1. The molecule has 0 amide bonds. The molecule has 2 atom stereocenters. The Hall–Kier alpha value is -0.890. The van der Waals surface area contributed by atoms with Crippen LogP contribution in [0.2, 0.25) is 5.15 Å². The highest BCUT2D eigenvalue weighted by Gasteiger charge is 2.35. The molecule has 1 aliphatic heterocycles. The minimum absolute atomic E-state index is 0. The number of pyridine rings is 1. The summed E-state index contributed by atoms with van der Waals surface area (Å²) < 4.78 is 2.40. The van der Waals surface area contributed by atoms with Gasteiger partial charge in [0.25, 0.3) is 0 Å². The van der Waals surface area contributed by atoms with Crippen LogP contribution in [0.1, 0.15) is 45.6 Å². The molecule has 1 aliphatic rings. The van der Waals surface area contributed by atoms with Crippen molar-refractivity contribution >= 4 is 17.3 Å². The summed E-state index contributed by atoms with van der Waals surface area (Å²) in [5.41, 5.74) is 2.80. The largest absolute Gasteiger partial charge is 0.244 e. The van der Waals surface area contributed by atoms with E-state index < -0.39 is 0 Å². The van der Waals surface area contributed by atoms with Crippen LogP contribution in [0, 0.1) is 0 Å². The van der Waals surface area contributed by atoms with Crippen LogP contribution in [-0.2, 0) is 0 Å². The molecule has 1 aromatic rings. The van der Waals surface area contributed by atoms with E-state index in [4.69, 9.17) is 11.6 Å². The highest BCUT2D eigenvalue weighted by Crippen LogP contribution is 2.30. The molecule has 1 aromatic heterocycles. The summed E-state index contributed by atoms with van der Waals surface area (Å²) in [6.45, 7) is 4.50. The van der Waals surface area contributed by atoms with E-state index in [9.17, 15) is 0 Å². The maximum atomic E-state index is 5.82. The van der Waals surface area contributed by atoms with E-state index in [1.54, 1.807) is 0 Å². The van der Waals surface area contributed by atoms with Crippen LogP contribution in [0.4, 0.5) is 0 Å². The summed E-state index contributed by atoms with van der Waals surface area (Å²) in [7, 11) is 2.19. The topological polar surface area (TPSA) is 15.9 Å². The van der Waals surface area contributed by atoms with Crippen molar-refractivity contribution in [2.24, 2.45) is 0 Å². The Kier molecular flexibility index (Phi) is 4.70. The van der Waals surface area contributed by atoms with Gasteiger partial charge in [0.15, 0.2) is 11.8 Å². The fraction of sp³-hybridized carbons (Fsp3) is 0.571. The standard InChI is InChI=1S/C13H18ClN2.CH4/c1-4-12-11(7-9(2)16(12)3)10-5-6-13(14)15-8-10;/h5-6,8-9,11H,4,7H2,1-3H3;1H4/q+1;/t9-,11+;/m0./s1. The van der Waals surface area contributed by atoms with Gasteiger partial charge in [-0.2, -0.15) is 0 Å².